The van der Waals surface area contributed by atoms with Crippen molar-refractivity contribution in [1.82, 2.24) is 0 Å². The van der Waals surface area contributed by atoms with Gasteiger partial charge in [0, 0.05) is 25.4 Å². The van der Waals surface area contributed by atoms with Gasteiger partial charge in [0.1, 0.15) is 0 Å². The quantitative estimate of drug-likeness (QED) is 0.819. The van der Waals surface area contributed by atoms with Crippen LogP contribution in [0.15, 0.2) is 18.2 Å². The third-order valence-electron chi connectivity index (χ3n) is 3.28. The summed E-state index contributed by atoms with van der Waals surface area (Å²) >= 11 is 0. The normalized spacial score (nSPS) is 15.0. The van der Waals surface area contributed by atoms with Crippen LogP contribution in [0.1, 0.15) is 24.0 Å². The van der Waals surface area contributed by atoms with Crippen LogP contribution in [-0.4, -0.2) is 31.4 Å². The highest BCUT2D eigenvalue weighted by Gasteiger charge is 2.29. The van der Waals surface area contributed by atoms with Crippen LogP contribution < -0.4 is 4.90 Å². The van der Waals surface area contributed by atoms with Crippen molar-refractivity contribution in [3.05, 3.63) is 29.3 Å². The van der Waals surface area contributed by atoms with Gasteiger partial charge >= 0.3 is 0 Å². The predicted molar refractivity (Wildman–Crippen MR) is 69.3 cm³/mol. The number of benzene rings is 1. The van der Waals surface area contributed by atoms with Crippen LogP contribution in [0, 0.1) is 6.92 Å². The fraction of sp³-hybridized carbons (Fsp3) is 0.571. The Bertz CT molecular complexity index is 374. The predicted octanol–water partition coefficient (Wildman–Crippen LogP) is 2.10. The standard InChI is InChI=1S/C14H21NO2/c1-11-9-12(10-16)3-6-14(11)15(7-8-17-2)13-4-5-13/h3,6,9,13,16H,4-5,7-8,10H2,1-2H3. The minimum atomic E-state index is 0.114. The topological polar surface area (TPSA) is 32.7 Å². The summed E-state index contributed by atoms with van der Waals surface area (Å²) in [6, 6.07) is 6.88. The van der Waals surface area contributed by atoms with E-state index in [2.05, 4.69) is 24.0 Å². The highest BCUT2D eigenvalue weighted by atomic mass is 16.5. The molecule has 1 saturated carbocycles. The van der Waals surface area contributed by atoms with E-state index in [4.69, 9.17) is 9.84 Å². The Morgan fingerprint density at radius 2 is 2.18 bits per heavy atom. The van der Waals surface area contributed by atoms with Gasteiger partial charge < -0.3 is 14.7 Å². The van der Waals surface area contributed by atoms with E-state index in [1.54, 1.807) is 7.11 Å². The summed E-state index contributed by atoms with van der Waals surface area (Å²) in [7, 11) is 1.74. The molecule has 0 unspecified atom stereocenters. The molecule has 1 aromatic carbocycles. The zero-order valence-electron chi connectivity index (χ0n) is 10.6. The van der Waals surface area contributed by atoms with Gasteiger partial charge in [0.15, 0.2) is 0 Å². The average Bonchev–Trinajstić information content (AvgIpc) is 3.15. The van der Waals surface area contributed by atoms with E-state index >= 15 is 0 Å². The molecule has 0 atom stereocenters. The molecule has 0 saturated heterocycles. The second-order valence-corrected chi connectivity index (χ2v) is 4.70. The van der Waals surface area contributed by atoms with Crippen LogP contribution in [0.4, 0.5) is 5.69 Å². The molecule has 1 aliphatic rings. The third kappa shape index (κ3) is 2.99. The summed E-state index contributed by atoms with van der Waals surface area (Å²) < 4.78 is 5.17. The van der Waals surface area contributed by atoms with Gasteiger partial charge in [-0.1, -0.05) is 12.1 Å². The van der Waals surface area contributed by atoms with E-state index < -0.39 is 0 Å². The number of methoxy groups -OCH3 is 1. The van der Waals surface area contributed by atoms with E-state index in [0.717, 1.165) is 18.7 Å². The average molecular weight is 235 g/mol. The summed E-state index contributed by atoms with van der Waals surface area (Å²) in [4.78, 5) is 2.43. The summed E-state index contributed by atoms with van der Waals surface area (Å²) in [5.74, 6) is 0. The molecule has 0 amide bonds. The van der Waals surface area contributed by atoms with Crippen molar-refractivity contribution in [2.45, 2.75) is 32.4 Å². The van der Waals surface area contributed by atoms with Crippen molar-refractivity contribution >= 4 is 5.69 Å². The maximum Gasteiger partial charge on any atom is 0.0681 e. The Morgan fingerprint density at radius 1 is 1.41 bits per heavy atom. The van der Waals surface area contributed by atoms with E-state index in [-0.39, 0.29) is 6.61 Å². The maximum absolute atomic E-state index is 9.12. The van der Waals surface area contributed by atoms with Crippen LogP contribution in [0.2, 0.25) is 0 Å². The number of nitrogens with zero attached hydrogens (tertiary/aromatic N) is 1. The molecule has 0 radical (unpaired) electrons. The van der Waals surface area contributed by atoms with Crippen LogP contribution in [-0.2, 0) is 11.3 Å². The fourth-order valence-electron chi connectivity index (χ4n) is 2.21. The molecule has 3 heteroatoms. The van der Waals surface area contributed by atoms with Crippen LogP contribution in [0.25, 0.3) is 0 Å². The van der Waals surface area contributed by atoms with Crippen molar-refractivity contribution < 1.29 is 9.84 Å². The SMILES string of the molecule is COCCN(c1ccc(CO)cc1C)C1CC1. The molecule has 0 aromatic heterocycles. The molecular formula is C14H21NO2. The summed E-state index contributed by atoms with van der Waals surface area (Å²) in [5.41, 5.74) is 3.50. The summed E-state index contributed by atoms with van der Waals surface area (Å²) in [6.45, 7) is 3.93. The molecule has 0 aliphatic heterocycles. The van der Waals surface area contributed by atoms with E-state index in [1.165, 1.54) is 24.1 Å². The van der Waals surface area contributed by atoms with Gasteiger partial charge in [-0.3, -0.25) is 0 Å². The first-order chi connectivity index (χ1) is 8.26. The first-order valence-corrected chi connectivity index (χ1v) is 6.22. The Labute approximate surface area is 103 Å². The van der Waals surface area contributed by atoms with Gasteiger partial charge in [-0.25, -0.2) is 0 Å². The number of ether oxygens (including phenoxy) is 1. The lowest BCUT2D eigenvalue weighted by molar-refractivity contribution is 0.205. The number of aliphatic hydroxyl groups is 1. The molecule has 0 bridgehead atoms. The summed E-state index contributed by atoms with van der Waals surface area (Å²) in [5, 5.41) is 9.12. The second-order valence-electron chi connectivity index (χ2n) is 4.70. The largest absolute Gasteiger partial charge is 0.392 e. The van der Waals surface area contributed by atoms with E-state index in [9.17, 15) is 0 Å². The number of hydrogen-bond donors (Lipinski definition) is 1. The molecule has 0 heterocycles. The molecule has 1 N–H and O–H groups in total. The Kier molecular flexibility index (Phi) is 4.02. The molecule has 1 fully saturated rings. The highest BCUT2D eigenvalue weighted by Crippen LogP contribution is 2.33. The van der Waals surface area contributed by atoms with Gasteiger partial charge in [0.25, 0.3) is 0 Å². The van der Waals surface area contributed by atoms with Crippen LogP contribution in [0.5, 0.6) is 0 Å². The van der Waals surface area contributed by atoms with Crippen molar-refractivity contribution in [3.63, 3.8) is 0 Å². The number of hydrogen-bond acceptors (Lipinski definition) is 3. The molecule has 1 aromatic rings. The van der Waals surface area contributed by atoms with Crippen molar-refractivity contribution in [3.8, 4) is 0 Å². The van der Waals surface area contributed by atoms with Gasteiger partial charge in [0.2, 0.25) is 0 Å². The number of rotatable bonds is 6. The first kappa shape index (κ1) is 12.4. The molecule has 1 aliphatic carbocycles. The zero-order chi connectivity index (χ0) is 12.3. The Balaban J connectivity index is 2.16. The lowest BCUT2D eigenvalue weighted by Gasteiger charge is -2.26. The lowest BCUT2D eigenvalue weighted by Crippen LogP contribution is -2.30. The van der Waals surface area contributed by atoms with E-state index in [0.29, 0.717) is 6.04 Å². The number of anilines is 1. The minimum absolute atomic E-state index is 0.114. The molecule has 2 rings (SSSR count). The summed E-state index contributed by atoms with van der Waals surface area (Å²) in [6.07, 6.45) is 2.57. The minimum Gasteiger partial charge on any atom is -0.392 e. The first-order valence-electron chi connectivity index (χ1n) is 6.22. The zero-order valence-corrected chi connectivity index (χ0v) is 10.6. The molecule has 0 spiro atoms. The molecule has 3 nitrogen and oxygen atoms in total. The lowest BCUT2D eigenvalue weighted by atomic mass is 10.1. The molecule has 94 valence electrons. The van der Waals surface area contributed by atoms with Crippen LogP contribution in [0.3, 0.4) is 0 Å². The number of aryl methyl sites for hydroxylation is 1. The second kappa shape index (κ2) is 5.52. The third-order valence-corrected chi connectivity index (χ3v) is 3.28. The fourth-order valence-corrected chi connectivity index (χ4v) is 2.21. The molecule has 17 heavy (non-hydrogen) atoms. The Hall–Kier alpha value is -1.06. The van der Waals surface area contributed by atoms with Gasteiger partial charge in [-0.2, -0.15) is 0 Å². The van der Waals surface area contributed by atoms with Crippen molar-refractivity contribution in [1.29, 1.82) is 0 Å². The monoisotopic (exact) mass is 235 g/mol. The van der Waals surface area contributed by atoms with Gasteiger partial charge in [-0.15, -0.1) is 0 Å². The van der Waals surface area contributed by atoms with Crippen LogP contribution >= 0.6 is 0 Å². The highest BCUT2D eigenvalue weighted by molar-refractivity contribution is 5.56. The van der Waals surface area contributed by atoms with Crippen molar-refractivity contribution in [2.75, 3.05) is 25.2 Å². The van der Waals surface area contributed by atoms with Gasteiger partial charge in [0.05, 0.1) is 13.2 Å². The maximum atomic E-state index is 9.12. The Morgan fingerprint density at radius 3 is 2.71 bits per heavy atom. The smallest absolute Gasteiger partial charge is 0.0681 e. The van der Waals surface area contributed by atoms with Crippen molar-refractivity contribution in [2.24, 2.45) is 0 Å². The van der Waals surface area contributed by atoms with Gasteiger partial charge in [-0.05, 0) is 37.0 Å². The van der Waals surface area contributed by atoms with E-state index in [1.807, 2.05) is 6.07 Å². The molecular weight excluding hydrogens is 214 g/mol. The number of aliphatic hydroxyl groups excluding tert-OH is 1.